The summed E-state index contributed by atoms with van der Waals surface area (Å²) in [6.45, 7) is 3.81. The summed E-state index contributed by atoms with van der Waals surface area (Å²) in [6, 6.07) is 25.5. The highest BCUT2D eigenvalue weighted by molar-refractivity contribution is 6.30. The van der Waals surface area contributed by atoms with Gasteiger partial charge in [-0.2, -0.15) is 5.26 Å². The number of halogens is 1. The fraction of sp³-hybridized carbons (Fsp3) is 0.200. The first-order chi connectivity index (χ1) is 14.5. The van der Waals surface area contributed by atoms with E-state index in [4.69, 9.17) is 21.1 Å². The van der Waals surface area contributed by atoms with Crippen LogP contribution in [0.25, 0.3) is 0 Å². The lowest BCUT2D eigenvalue weighted by molar-refractivity contribution is -0.140. The molecule has 0 spiro atoms. The van der Waals surface area contributed by atoms with Gasteiger partial charge in [0.05, 0.1) is 17.9 Å². The van der Waals surface area contributed by atoms with Crippen LogP contribution in [0.3, 0.4) is 0 Å². The molecule has 0 aliphatic heterocycles. The monoisotopic (exact) mass is 419 g/mol. The minimum atomic E-state index is -0.677. The lowest BCUT2D eigenvalue weighted by Gasteiger charge is -2.24. The van der Waals surface area contributed by atoms with Crippen molar-refractivity contribution in [3.05, 3.63) is 89.4 Å². The fourth-order valence-electron chi connectivity index (χ4n) is 3.24. The van der Waals surface area contributed by atoms with Crippen LogP contribution in [0.2, 0.25) is 5.02 Å². The summed E-state index contributed by atoms with van der Waals surface area (Å²) < 4.78 is 11.4. The van der Waals surface area contributed by atoms with Gasteiger partial charge in [-0.15, -0.1) is 0 Å². The van der Waals surface area contributed by atoms with Gasteiger partial charge in [-0.05, 0) is 60.0 Å². The van der Waals surface area contributed by atoms with E-state index in [9.17, 15) is 10.1 Å². The summed E-state index contributed by atoms with van der Waals surface area (Å²) in [5.41, 5.74) is 0.706. The Morgan fingerprint density at radius 1 is 0.900 bits per heavy atom. The smallest absolute Gasteiger partial charge is 0.316 e. The van der Waals surface area contributed by atoms with E-state index < -0.39 is 17.8 Å². The van der Waals surface area contributed by atoms with Crippen molar-refractivity contribution in [2.45, 2.75) is 19.8 Å². The standard InChI is InChI=1S/C25H22ClNO3/c1-17(2)24(25(28)30-21-13-11-19(26)12-14-21)23(16-27)18-7-6-10-22(15-18)29-20-8-4-3-5-9-20/h3-15,17,23-24H,1-2H3/t23-,24+/m1/s1. The van der Waals surface area contributed by atoms with Crippen LogP contribution in [-0.2, 0) is 4.79 Å². The van der Waals surface area contributed by atoms with Crippen LogP contribution >= 0.6 is 11.6 Å². The van der Waals surface area contributed by atoms with E-state index in [1.165, 1.54) is 0 Å². The first-order valence-corrected chi connectivity index (χ1v) is 10.1. The van der Waals surface area contributed by atoms with Crippen LogP contribution in [0.5, 0.6) is 17.2 Å². The number of esters is 1. The van der Waals surface area contributed by atoms with E-state index >= 15 is 0 Å². The minimum absolute atomic E-state index is 0.104. The van der Waals surface area contributed by atoms with E-state index in [-0.39, 0.29) is 5.92 Å². The number of ether oxygens (including phenoxy) is 2. The average molecular weight is 420 g/mol. The molecule has 3 aromatic carbocycles. The Morgan fingerprint density at radius 3 is 2.20 bits per heavy atom. The Hall–Kier alpha value is -3.29. The summed E-state index contributed by atoms with van der Waals surface area (Å²) >= 11 is 5.89. The Labute approximate surface area is 181 Å². The number of para-hydroxylation sites is 1. The molecule has 0 unspecified atom stereocenters. The third kappa shape index (κ3) is 5.40. The largest absolute Gasteiger partial charge is 0.457 e. The van der Waals surface area contributed by atoms with Gasteiger partial charge in [0.25, 0.3) is 0 Å². The summed E-state index contributed by atoms with van der Waals surface area (Å²) in [4.78, 5) is 13.0. The Kier molecular flexibility index (Phi) is 7.11. The molecule has 4 nitrogen and oxygen atoms in total. The van der Waals surface area contributed by atoms with Crippen molar-refractivity contribution in [3.8, 4) is 23.3 Å². The number of hydrogen-bond acceptors (Lipinski definition) is 4. The number of benzene rings is 3. The van der Waals surface area contributed by atoms with Crippen molar-refractivity contribution < 1.29 is 14.3 Å². The summed E-state index contributed by atoms with van der Waals surface area (Å²) in [7, 11) is 0. The molecule has 0 aliphatic rings. The molecule has 2 atom stereocenters. The van der Waals surface area contributed by atoms with Crippen molar-refractivity contribution in [1.82, 2.24) is 0 Å². The van der Waals surface area contributed by atoms with Crippen molar-refractivity contribution in [1.29, 1.82) is 5.26 Å². The molecule has 0 radical (unpaired) electrons. The van der Waals surface area contributed by atoms with Gasteiger partial charge in [0.1, 0.15) is 17.2 Å². The topological polar surface area (TPSA) is 59.3 Å². The second kappa shape index (κ2) is 9.96. The molecule has 152 valence electrons. The van der Waals surface area contributed by atoms with Gasteiger partial charge in [-0.25, -0.2) is 0 Å². The Bertz CT molecular complexity index is 1030. The molecule has 0 aliphatic carbocycles. The summed E-state index contributed by atoms with van der Waals surface area (Å²) in [5.74, 6) is -0.172. The summed E-state index contributed by atoms with van der Waals surface area (Å²) in [6.07, 6.45) is 0. The first kappa shape index (κ1) is 21.4. The van der Waals surface area contributed by atoms with E-state index in [2.05, 4.69) is 6.07 Å². The van der Waals surface area contributed by atoms with Crippen molar-refractivity contribution in [3.63, 3.8) is 0 Å². The third-order valence-corrected chi connectivity index (χ3v) is 4.97. The number of carbonyl (C=O) groups excluding carboxylic acids is 1. The number of nitriles is 1. The van der Waals surface area contributed by atoms with E-state index in [1.807, 2.05) is 62.4 Å². The van der Waals surface area contributed by atoms with E-state index in [1.54, 1.807) is 30.3 Å². The lowest BCUT2D eigenvalue weighted by atomic mass is 9.80. The van der Waals surface area contributed by atoms with Gasteiger partial charge < -0.3 is 9.47 Å². The van der Waals surface area contributed by atoms with Gasteiger partial charge in [-0.1, -0.05) is 55.8 Å². The third-order valence-electron chi connectivity index (χ3n) is 4.72. The second-order valence-electron chi connectivity index (χ2n) is 7.24. The molecule has 0 bridgehead atoms. The summed E-state index contributed by atoms with van der Waals surface area (Å²) in [5, 5.41) is 10.5. The van der Waals surface area contributed by atoms with Crippen molar-refractivity contribution in [2.75, 3.05) is 0 Å². The SMILES string of the molecule is CC(C)[C@H](C(=O)Oc1ccc(Cl)cc1)[C@H](C#N)c1cccc(Oc2ccccc2)c1. The molecule has 0 saturated carbocycles. The van der Waals surface area contributed by atoms with Crippen LogP contribution in [-0.4, -0.2) is 5.97 Å². The zero-order chi connectivity index (χ0) is 21.5. The molecule has 0 fully saturated rings. The predicted molar refractivity (Wildman–Crippen MR) is 117 cm³/mol. The normalized spacial score (nSPS) is 12.6. The Balaban J connectivity index is 1.84. The molecule has 3 aromatic rings. The molecule has 0 saturated heterocycles. The molecule has 0 N–H and O–H groups in total. The van der Waals surface area contributed by atoms with Gasteiger partial charge in [0.2, 0.25) is 0 Å². The minimum Gasteiger partial charge on any atom is -0.457 e. The van der Waals surface area contributed by atoms with E-state index in [0.29, 0.717) is 27.8 Å². The van der Waals surface area contributed by atoms with Gasteiger partial charge >= 0.3 is 5.97 Å². The molecule has 5 heteroatoms. The van der Waals surface area contributed by atoms with Gasteiger partial charge in [0.15, 0.2) is 0 Å². The Morgan fingerprint density at radius 2 is 1.57 bits per heavy atom. The maximum absolute atomic E-state index is 13.0. The molecule has 0 heterocycles. The maximum Gasteiger partial charge on any atom is 0.316 e. The first-order valence-electron chi connectivity index (χ1n) is 9.67. The van der Waals surface area contributed by atoms with Crippen molar-refractivity contribution in [2.24, 2.45) is 11.8 Å². The van der Waals surface area contributed by atoms with Crippen LogP contribution in [0.15, 0.2) is 78.9 Å². The molecular weight excluding hydrogens is 398 g/mol. The highest BCUT2D eigenvalue weighted by Gasteiger charge is 2.34. The maximum atomic E-state index is 13.0. The van der Waals surface area contributed by atoms with Crippen molar-refractivity contribution >= 4 is 17.6 Å². The molecule has 0 aromatic heterocycles. The zero-order valence-corrected chi connectivity index (χ0v) is 17.5. The second-order valence-corrected chi connectivity index (χ2v) is 7.68. The molecule has 3 rings (SSSR count). The van der Waals surface area contributed by atoms with E-state index in [0.717, 1.165) is 0 Å². The van der Waals surface area contributed by atoms with Crippen LogP contribution in [0.1, 0.15) is 25.3 Å². The molecule has 0 amide bonds. The zero-order valence-electron chi connectivity index (χ0n) is 16.8. The fourth-order valence-corrected chi connectivity index (χ4v) is 3.36. The van der Waals surface area contributed by atoms with Crippen LogP contribution in [0.4, 0.5) is 0 Å². The van der Waals surface area contributed by atoms with Crippen LogP contribution in [0, 0.1) is 23.2 Å². The van der Waals surface area contributed by atoms with Crippen LogP contribution < -0.4 is 9.47 Å². The highest BCUT2D eigenvalue weighted by Crippen LogP contribution is 2.34. The number of nitrogens with zero attached hydrogens (tertiary/aromatic N) is 1. The lowest BCUT2D eigenvalue weighted by Crippen LogP contribution is -2.30. The molecular formula is C25H22ClNO3. The van der Waals surface area contributed by atoms with Gasteiger partial charge in [-0.3, -0.25) is 4.79 Å². The number of carbonyl (C=O) groups is 1. The average Bonchev–Trinajstić information content (AvgIpc) is 2.74. The number of rotatable bonds is 7. The predicted octanol–water partition coefficient (Wildman–Crippen LogP) is 6.62. The van der Waals surface area contributed by atoms with Gasteiger partial charge in [0, 0.05) is 5.02 Å². The quantitative estimate of drug-likeness (QED) is 0.319. The molecule has 30 heavy (non-hydrogen) atoms. The highest BCUT2D eigenvalue weighted by atomic mass is 35.5. The number of hydrogen-bond donors (Lipinski definition) is 0.